The Bertz CT molecular complexity index is 636. The van der Waals surface area contributed by atoms with Gasteiger partial charge in [0.05, 0.1) is 19.7 Å². The molecule has 5 nitrogen and oxygen atoms in total. The second kappa shape index (κ2) is 5.48. The number of benzene rings is 1. The lowest BCUT2D eigenvalue weighted by Gasteiger charge is -2.04. The Morgan fingerprint density at radius 1 is 1.16 bits per heavy atom. The third-order valence-corrected chi connectivity index (χ3v) is 2.71. The predicted octanol–water partition coefficient (Wildman–Crippen LogP) is 1.99. The van der Waals surface area contributed by atoms with Gasteiger partial charge < -0.3 is 9.47 Å². The van der Waals surface area contributed by atoms with Gasteiger partial charge in [-0.05, 0) is 24.3 Å². The minimum absolute atomic E-state index is 0.253. The molecule has 0 aliphatic heterocycles. The minimum Gasteiger partial charge on any atom is -0.497 e. The predicted molar refractivity (Wildman–Crippen MR) is 69.3 cm³/mol. The fraction of sp³-hybridized carbons (Fsp3) is 0.214. The molecule has 0 unspecified atom stereocenters. The lowest BCUT2D eigenvalue weighted by molar-refractivity contribution is -0.139. The van der Waals surface area contributed by atoms with Crippen LogP contribution in [0.15, 0.2) is 30.3 Å². The summed E-state index contributed by atoms with van der Waals surface area (Å²) in [5.74, 6) is -0.200. The molecule has 2 rings (SSSR count). The Morgan fingerprint density at radius 3 is 2.63 bits per heavy atom. The first-order valence-electron chi connectivity index (χ1n) is 5.69. The first kappa shape index (κ1) is 13.0. The quantitative estimate of drug-likeness (QED) is 0.477. The number of ketones is 1. The fourth-order valence-corrected chi connectivity index (χ4v) is 1.68. The molecule has 1 heterocycles. The van der Waals surface area contributed by atoms with Crippen LogP contribution in [0.5, 0.6) is 5.75 Å². The normalized spacial score (nSPS) is 10.2. The molecule has 0 radical (unpaired) electrons. The highest BCUT2D eigenvalue weighted by atomic mass is 16.5. The molecule has 0 saturated carbocycles. The van der Waals surface area contributed by atoms with E-state index >= 15 is 0 Å². The average molecular weight is 259 g/mol. The van der Waals surface area contributed by atoms with Crippen molar-refractivity contribution in [3.8, 4) is 5.75 Å². The van der Waals surface area contributed by atoms with Gasteiger partial charge in [0.15, 0.2) is 5.78 Å². The van der Waals surface area contributed by atoms with Crippen molar-refractivity contribution >= 4 is 22.7 Å². The molecule has 0 atom stereocenters. The zero-order chi connectivity index (χ0) is 13.8. The van der Waals surface area contributed by atoms with Crippen LogP contribution >= 0.6 is 0 Å². The maximum Gasteiger partial charge on any atom is 0.313 e. The van der Waals surface area contributed by atoms with E-state index in [2.05, 4.69) is 9.72 Å². The highest BCUT2D eigenvalue weighted by Gasteiger charge is 2.13. The van der Waals surface area contributed by atoms with Gasteiger partial charge in [-0.1, -0.05) is 6.07 Å². The molecule has 0 aliphatic carbocycles. The van der Waals surface area contributed by atoms with Gasteiger partial charge in [0.2, 0.25) is 0 Å². The summed E-state index contributed by atoms with van der Waals surface area (Å²) in [7, 11) is 2.83. The second-order valence-electron chi connectivity index (χ2n) is 3.93. The van der Waals surface area contributed by atoms with Crippen molar-refractivity contribution in [3.63, 3.8) is 0 Å². The molecule has 19 heavy (non-hydrogen) atoms. The zero-order valence-corrected chi connectivity index (χ0v) is 10.7. The SMILES string of the molecule is COC(=O)CC(=O)c1ccc2cc(OC)ccc2n1. The van der Waals surface area contributed by atoms with Crippen LogP contribution in [0.2, 0.25) is 0 Å². The fourth-order valence-electron chi connectivity index (χ4n) is 1.68. The lowest BCUT2D eigenvalue weighted by atomic mass is 10.1. The van der Waals surface area contributed by atoms with Crippen LogP contribution < -0.4 is 4.74 Å². The van der Waals surface area contributed by atoms with Crippen LogP contribution in [0.1, 0.15) is 16.9 Å². The number of fused-ring (bicyclic) bond motifs is 1. The molecule has 1 aromatic carbocycles. The number of nitrogens with zero attached hydrogens (tertiary/aromatic N) is 1. The van der Waals surface area contributed by atoms with Crippen molar-refractivity contribution in [2.45, 2.75) is 6.42 Å². The van der Waals surface area contributed by atoms with Gasteiger partial charge in [-0.15, -0.1) is 0 Å². The van der Waals surface area contributed by atoms with E-state index in [1.54, 1.807) is 31.4 Å². The summed E-state index contributed by atoms with van der Waals surface area (Å²) < 4.78 is 9.57. The van der Waals surface area contributed by atoms with Crippen molar-refractivity contribution in [2.24, 2.45) is 0 Å². The molecule has 0 amide bonds. The van der Waals surface area contributed by atoms with Gasteiger partial charge in [-0.2, -0.15) is 0 Å². The van der Waals surface area contributed by atoms with Crippen molar-refractivity contribution in [1.82, 2.24) is 4.98 Å². The van der Waals surface area contributed by atoms with Crippen LogP contribution in [0.25, 0.3) is 10.9 Å². The van der Waals surface area contributed by atoms with Crippen molar-refractivity contribution in [2.75, 3.05) is 14.2 Å². The Balaban J connectivity index is 2.31. The van der Waals surface area contributed by atoms with E-state index in [4.69, 9.17) is 4.74 Å². The summed E-state index contributed by atoms with van der Waals surface area (Å²) in [4.78, 5) is 27.1. The first-order valence-corrected chi connectivity index (χ1v) is 5.69. The Kier molecular flexibility index (Phi) is 3.75. The smallest absolute Gasteiger partial charge is 0.313 e. The van der Waals surface area contributed by atoms with Gasteiger partial charge in [0, 0.05) is 5.39 Å². The van der Waals surface area contributed by atoms with E-state index < -0.39 is 5.97 Å². The van der Waals surface area contributed by atoms with E-state index in [1.165, 1.54) is 7.11 Å². The Morgan fingerprint density at radius 2 is 1.95 bits per heavy atom. The highest BCUT2D eigenvalue weighted by molar-refractivity contribution is 6.05. The maximum atomic E-state index is 11.8. The lowest BCUT2D eigenvalue weighted by Crippen LogP contribution is -2.10. The number of methoxy groups -OCH3 is 2. The topological polar surface area (TPSA) is 65.5 Å². The van der Waals surface area contributed by atoms with Crippen molar-refractivity contribution in [1.29, 1.82) is 0 Å². The van der Waals surface area contributed by atoms with E-state index in [-0.39, 0.29) is 17.9 Å². The second-order valence-corrected chi connectivity index (χ2v) is 3.93. The summed E-state index contributed by atoms with van der Waals surface area (Å²) >= 11 is 0. The van der Waals surface area contributed by atoms with Gasteiger partial charge in [0.1, 0.15) is 17.9 Å². The van der Waals surface area contributed by atoms with Crippen LogP contribution in [0, 0.1) is 0 Å². The molecule has 98 valence electrons. The largest absolute Gasteiger partial charge is 0.497 e. The molecular weight excluding hydrogens is 246 g/mol. The summed E-state index contributed by atoms with van der Waals surface area (Å²) in [6.07, 6.45) is -0.300. The van der Waals surface area contributed by atoms with Crippen molar-refractivity contribution < 1.29 is 19.1 Å². The molecule has 0 bridgehead atoms. The summed E-state index contributed by atoms with van der Waals surface area (Å²) in [5.41, 5.74) is 0.930. The van der Waals surface area contributed by atoms with Crippen LogP contribution in [0.3, 0.4) is 0 Å². The third kappa shape index (κ3) is 2.88. The van der Waals surface area contributed by atoms with E-state index in [0.717, 1.165) is 11.1 Å². The number of ether oxygens (including phenoxy) is 2. The molecule has 0 N–H and O–H groups in total. The van der Waals surface area contributed by atoms with E-state index in [9.17, 15) is 9.59 Å². The summed E-state index contributed by atoms with van der Waals surface area (Å²) in [6.45, 7) is 0. The van der Waals surface area contributed by atoms with Crippen LogP contribution in [0.4, 0.5) is 0 Å². The molecule has 0 fully saturated rings. The van der Waals surface area contributed by atoms with Gasteiger partial charge in [-0.3, -0.25) is 9.59 Å². The van der Waals surface area contributed by atoms with Gasteiger partial charge in [-0.25, -0.2) is 4.98 Å². The standard InChI is InChI=1S/C14H13NO4/c1-18-10-4-6-11-9(7-10)3-5-12(15-11)13(16)8-14(17)19-2/h3-7H,8H2,1-2H3. The van der Waals surface area contributed by atoms with Crippen molar-refractivity contribution in [3.05, 3.63) is 36.0 Å². The number of rotatable bonds is 4. The summed E-state index contributed by atoms with van der Waals surface area (Å²) in [6, 6.07) is 8.73. The maximum absolute atomic E-state index is 11.8. The molecule has 0 aliphatic rings. The molecule has 1 aromatic heterocycles. The highest BCUT2D eigenvalue weighted by Crippen LogP contribution is 2.19. The Labute approximate surface area is 110 Å². The first-order chi connectivity index (χ1) is 9.13. The molecule has 0 spiro atoms. The number of carbonyl (C=O) groups is 2. The zero-order valence-electron chi connectivity index (χ0n) is 10.7. The average Bonchev–Trinajstić information content (AvgIpc) is 2.45. The number of Topliss-reactive ketones (excluding diaryl/α,β-unsaturated/α-hetero) is 1. The number of aromatic nitrogens is 1. The molecule has 2 aromatic rings. The van der Waals surface area contributed by atoms with E-state index in [1.807, 2.05) is 6.07 Å². The van der Waals surface area contributed by atoms with Crippen LogP contribution in [-0.4, -0.2) is 31.0 Å². The van der Waals surface area contributed by atoms with E-state index in [0.29, 0.717) is 5.52 Å². The van der Waals surface area contributed by atoms with Crippen LogP contribution in [-0.2, 0) is 9.53 Å². The number of carbonyl (C=O) groups excluding carboxylic acids is 2. The Hall–Kier alpha value is -2.43. The summed E-state index contributed by atoms with van der Waals surface area (Å²) in [5, 5.41) is 0.869. The number of esters is 1. The number of hydrogen-bond acceptors (Lipinski definition) is 5. The molecule has 0 saturated heterocycles. The third-order valence-electron chi connectivity index (χ3n) is 2.71. The minimum atomic E-state index is -0.568. The van der Waals surface area contributed by atoms with Gasteiger partial charge >= 0.3 is 5.97 Å². The monoisotopic (exact) mass is 259 g/mol. The molecule has 5 heteroatoms. The van der Waals surface area contributed by atoms with Gasteiger partial charge in [0.25, 0.3) is 0 Å². The molecular formula is C14H13NO4. The number of pyridine rings is 1. The number of hydrogen-bond donors (Lipinski definition) is 0.